The van der Waals surface area contributed by atoms with Crippen LogP contribution in [0.2, 0.25) is 0 Å². The van der Waals surface area contributed by atoms with E-state index in [0.717, 1.165) is 73.6 Å². The van der Waals surface area contributed by atoms with Gasteiger partial charge < -0.3 is 15.9 Å². The van der Waals surface area contributed by atoms with Gasteiger partial charge in [-0.2, -0.15) is 15.4 Å². The molecule has 8 rings (SSSR count). The number of phenols is 1. The van der Waals surface area contributed by atoms with Crippen molar-refractivity contribution in [1.29, 1.82) is 0 Å². The standard InChI is InChI=1S/C33H37N7O2/c34-29-17-27(30-31(36-29)38-39-37-30)26(23-19-35-40(21-23)20-22-6-4-9-25(41)16-22)10-5-11-32-12-14-33(15-13-32,28(42)18-32)24-7-2-1-3-8-24/h1-4,6-9,16-17,19,21,26,28,41-42H,5,10-15,18,20H2,(H3,34,36,37,38,39)/t26?,28-,32?,33?/m0/s1. The molecule has 2 bridgehead atoms. The largest absolute Gasteiger partial charge is 0.508 e. The summed E-state index contributed by atoms with van der Waals surface area (Å²) >= 11 is 0. The van der Waals surface area contributed by atoms with Crippen molar-refractivity contribution >= 4 is 17.0 Å². The minimum Gasteiger partial charge on any atom is -0.508 e. The highest BCUT2D eigenvalue weighted by Crippen LogP contribution is 2.59. The van der Waals surface area contributed by atoms with Crippen molar-refractivity contribution in [2.75, 3.05) is 5.73 Å². The molecule has 2 aromatic carbocycles. The zero-order chi connectivity index (χ0) is 28.7. The SMILES string of the molecule is Nc1cc(C(CCCC23CCC(c4ccccc4)(CC2)[C@@H](O)C3)c2cnn(Cc3cccc(O)c3)c2)c2n[nH]nc2n1. The smallest absolute Gasteiger partial charge is 0.203 e. The summed E-state index contributed by atoms with van der Waals surface area (Å²) < 4.78 is 1.90. The normalized spacial score (nSPS) is 24.3. The first-order valence-electron chi connectivity index (χ1n) is 14.9. The molecule has 2 atom stereocenters. The van der Waals surface area contributed by atoms with Crippen LogP contribution in [0, 0.1) is 5.41 Å². The number of aliphatic hydroxyl groups excluding tert-OH is 1. The molecule has 0 saturated heterocycles. The average molecular weight is 564 g/mol. The second-order valence-corrected chi connectivity index (χ2v) is 12.5. The van der Waals surface area contributed by atoms with Crippen molar-refractivity contribution in [3.8, 4) is 5.75 Å². The lowest BCUT2D eigenvalue weighted by Crippen LogP contribution is -2.53. The fraction of sp³-hybridized carbons (Fsp3) is 0.394. The van der Waals surface area contributed by atoms with E-state index in [1.54, 1.807) is 12.1 Å². The Morgan fingerprint density at radius 1 is 1.02 bits per heavy atom. The van der Waals surface area contributed by atoms with Gasteiger partial charge in [0.2, 0.25) is 5.65 Å². The van der Waals surface area contributed by atoms with Crippen LogP contribution in [0.1, 0.15) is 79.5 Å². The number of aromatic nitrogens is 6. The van der Waals surface area contributed by atoms with Crippen molar-refractivity contribution in [2.45, 2.75) is 75.3 Å². The first kappa shape index (κ1) is 26.6. The van der Waals surface area contributed by atoms with Crippen LogP contribution < -0.4 is 5.73 Å². The Balaban J connectivity index is 1.12. The summed E-state index contributed by atoms with van der Waals surface area (Å²) in [7, 11) is 0. The van der Waals surface area contributed by atoms with Crippen molar-refractivity contribution in [3.63, 3.8) is 0 Å². The molecule has 0 amide bonds. The number of pyridine rings is 1. The van der Waals surface area contributed by atoms with Crippen molar-refractivity contribution in [2.24, 2.45) is 5.41 Å². The van der Waals surface area contributed by atoms with E-state index in [1.165, 1.54) is 5.56 Å². The summed E-state index contributed by atoms with van der Waals surface area (Å²) in [4.78, 5) is 4.37. The number of benzene rings is 2. The number of aromatic amines is 1. The van der Waals surface area contributed by atoms with Crippen LogP contribution in [0.15, 0.2) is 73.1 Å². The summed E-state index contributed by atoms with van der Waals surface area (Å²) in [5.74, 6) is 0.675. The van der Waals surface area contributed by atoms with Crippen LogP contribution in [-0.2, 0) is 12.0 Å². The molecule has 3 heterocycles. The van der Waals surface area contributed by atoms with E-state index in [0.29, 0.717) is 18.0 Å². The van der Waals surface area contributed by atoms with Crippen LogP contribution in [0.3, 0.4) is 0 Å². The number of rotatable bonds is 9. The van der Waals surface area contributed by atoms with Gasteiger partial charge in [0.25, 0.3) is 0 Å². The van der Waals surface area contributed by atoms with E-state index >= 15 is 0 Å². The van der Waals surface area contributed by atoms with E-state index in [-0.39, 0.29) is 28.6 Å². The maximum Gasteiger partial charge on any atom is 0.203 e. The number of nitrogens with one attached hydrogen (secondary N) is 1. The molecule has 9 heteroatoms. The van der Waals surface area contributed by atoms with Gasteiger partial charge in [-0.15, -0.1) is 5.10 Å². The number of nitrogens with zero attached hydrogens (tertiary/aromatic N) is 5. The molecule has 3 aliphatic carbocycles. The van der Waals surface area contributed by atoms with Crippen LogP contribution in [-0.4, -0.2) is 46.5 Å². The Bertz CT molecular complexity index is 1690. The zero-order valence-corrected chi connectivity index (χ0v) is 23.7. The number of H-pyrrole nitrogens is 1. The molecular formula is C33H37N7O2. The van der Waals surface area contributed by atoms with E-state index in [4.69, 9.17) is 5.73 Å². The monoisotopic (exact) mass is 563 g/mol. The zero-order valence-electron chi connectivity index (χ0n) is 23.7. The molecule has 0 spiro atoms. The molecule has 9 nitrogen and oxygen atoms in total. The lowest BCUT2D eigenvalue weighted by atomic mass is 9.49. The molecule has 0 aliphatic heterocycles. The Labute approximate surface area is 244 Å². The van der Waals surface area contributed by atoms with Gasteiger partial charge in [0.05, 0.1) is 18.8 Å². The molecule has 3 aromatic heterocycles. The van der Waals surface area contributed by atoms with Crippen molar-refractivity contribution < 1.29 is 10.2 Å². The summed E-state index contributed by atoms with van der Waals surface area (Å²) in [5.41, 5.74) is 11.9. The van der Waals surface area contributed by atoms with E-state index in [9.17, 15) is 10.2 Å². The number of anilines is 1. The van der Waals surface area contributed by atoms with Crippen LogP contribution in [0.5, 0.6) is 5.75 Å². The Hall–Kier alpha value is -4.24. The molecule has 5 N–H and O–H groups in total. The number of aromatic hydroxyl groups is 1. The summed E-state index contributed by atoms with van der Waals surface area (Å²) in [6.07, 6.45) is 11.9. The lowest BCUT2D eigenvalue weighted by molar-refractivity contribution is -0.0779. The first-order chi connectivity index (χ1) is 20.4. The fourth-order valence-electron chi connectivity index (χ4n) is 7.79. The third kappa shape index (κ3) is 4.81. The molecule has 3 saturated carbocycles. The van der Waals surface area contributed by atoms with Gasteiger partial charge in [0, 0.05) is 17.5 Å². The Kier molecular flexibility index (Phi) is 6.69. The Morgan fingerprint density at radius 2 is 1.86 bits per heavy atom. The van der Waals surface area contributed by atoms with Crippen molar-refractivity contribution in [3.05, 3.63) is 95.3 Å². The fourth-order valence-corrected chi connectivity index (χ4v) is 7.79. The number of aliphatic hydroxyl groups is 1. The van der Waals surface area contributed by atoms with Gasteiger partial charge in [0.15, 0.2) is 0 Å². The Morgan fingerprint density at radius 3 is 2.64 bits per heavy atom. The van der Waals surface area contributed by atoms with Gasteiger partial charge in [-0.3, -0.25) is 4.68 Å². The molecule has 3 fully saturated rings. The molecule has 0 radical (unpaired) electrons. The quantitative estimate of drug-likeness (QED) is 0.187. The van der Waals surface area contributed by atoms with E-state index in [1.807, 2.05) is 29.1 Å². The van der Waals surface area contributed by atoms with E-state index < -0.39 is 0 Å². The number of hydrogen-bond donors (Lipinski definition) is 4. The van der Waals surface area contributed by atoms with Gasteiger partial charge in [-0.1, -0.05) is 48.9 Å². The average Bonchev–Trinajstić information content (AvgIpc) is 3.66. The van der Waals surface area contributed by atoms with Crippen molar-refractivity contribution in [1.82, 2.24) is 30.2 Å². The second-order valence-electron chi connectivity index (χ2n) is 12.5. The number of nitrogen functional groups attached to an aromatic ring is 1. The molecule has 1 unspecified atom stereocenters. The molecule has 5 aromatic rings. The highest BCUT2D eigenvalue weighted by molar-refractivity contribution is 5.77. The number of phenolic OH excluding ortho intramolecular Hbond substituents is 1. The van der Waals surface area contributed by atoms with Gasteiger partial charge in [-0.25, -0.2) is 4.98 Å². The summed E-state index contributed by atoms with van der Waals surface area (Å²) in [5, 5.41) is 37.4. The molecule has 216 valence electrons. The summed E-state index contributed by atoms with van der Waals surface area (Å²) in [6, 6.07) is 19.8. The maximum atomic E-state index is 11.4. The number of nitrogens with two attached hydrogens (primary N) is 1. The predicted octanol–water partition coefficient (Wildman–Crippen LogP) is 5.45. The molecule has 3 aliphatic rings. The third-order valence-corrected chi connectivity index (χ3v) is 10.0. The minimum absolute atomic E-state index is 0.0118. The van der Waals surface area contributed by atoms with Crippen LogP contribution >= 0.6 is 0 Å². The molecule has 42 heavy (non-hydrogen) atoms. The van der Waals surface area contributed by atoms with Gasteiger partial charge >= 0.3 is 0 Å². The molecular weight excluding hydrogens is 526 g/mol. The summed E-state index contributed by atoms with van der Waals surface area (Å²) in [6.45, 7) is 0.559. The number of fused-ring (bicyclic) bond motifs is 4. The lowest BCUT2D eigenvalue weighted by Gasteiger charge is -2.57. The predicted molar refractivity (Wildman–Crippen MR) is 161 cm³/mol. The van der Waals surface area contributed by atoms with Crippen LogP contribution in [0.25, 0.3) is 11.2 Å². The topological polar surface area (TPSA) is 139 Å². The van der Waals surface area contributed by atoms with Gasteiger partial charge in [0.1, 0.15) is 17.1 Å². The highest BCUT2D eigenvalue weighted by Gasteiger charge is 2.54. The third-order valence-electron chi connectivity index (χ3n) is 10.0. The highest BCUT2D eigenvalue weighted by atomic mass is 16.3. The minimum atomic E-state index is -0.302. The first-order valence-corrected chi connectivity index (χ1v) is 14.9. The van der Waals surface area contributed by atoms with Crippen LogP contribution in [0.4, 0.5) is 5.82 Å². The van der Waals surface area contributed by atoms with E-state index in [2.05, 4.69) is 62.0 Å². The maximum absolute atomic E-state index is 11.4. The second kappa shape index (κ2) is 10.5. The number of hydrogen-bond acceptors (Lipinski definition) is 7. The van der Waals surface area contributed by atoms with Gasteiger partial charge in [-0.05, 0) is 90.8 Å².